The van der Waals surface area contributed by atoms with Crippen LogP contribution in [-0.2, 0) is 9.53 Å². The Labute approximate surface area is 149 Å². The molecule has 1 atom stereocenters. The summed E-state index contributed by atoms with van der Waals surface area (Å²) >= 11 is 0. The molecule has 26 heavy (non-hydrogen) atoms. The lowest BCUT2D eigenvalue weighted by molar-refractivity contribution is -0.402. The van der Waals surface area contributed by atoms with Crippen molar-refractivity contribution < 1.29 is 23.7 Å². The van der Waals surface area contributed by atoms with Gasteiger partial charge in [0.05, 0.1) is 6.07 Å². The molecular weight excluding hydrogens is 340 g/mol. The lowest BCUT2D eigenvalue weighted by atomic mass is 10.1. The van der Waals surface area contributed by atoms with Gasteiger partial charge < -0.3 is 14.1 Å². The van der Waals surface area contributed by atoms with Gasteiger partial charge in [0.2, 0.25) is 11.9 Å². The Morgan fingerprint density at radius 1 is 1.08 bits per heavy atom. The van der Waals surface area contributed by atoms with E-state index in [2.05, 4.69) is 0 Å². The first-order valence-electron chi connectivity index (χ1n) is 8.35. The fourth-order valence-electron chi connectivity index (χ4n) is 2.87. The monoisotopic (exact) mass is 358 g/mol. The number of carbonyl (C=O) groups excluding carboxylic acids is 2. The summed E-state index contributed by atoms with van der Waals surface area (Å²) in [7, 11) is 0. The molecule has 0 radical (unpaired) electrons. The van der Waals surface area contributed by atoms with Gasteiger partial charge in [-0.15, -0.1) is 0 Å². The van der Waals surface area contributed by atoms with Crippen LogP contribution in [0.1, 0.15) is 41.5 Å². The largest absolute Gasteiger partial charge is 0.441 e. The lowest BCUT2D eigenvalue weighted by Crippen LogP contribution is -2.40. The van der Waals surface area contributed by atoms with Crippen LogP contribution in [0.5, 0.6) is 0 Å². The number of ether oxygens (including phenoxy) is 1. The fourth-order valence-corrected chi connectivity index (χ4v) is 2.87. The second-order valence-electron chi connectivity index (χ2n) is 5.98. The predicted octanol–water partition coefficient (Wildman–Crippen LogP) is 3.10. The number of benzene rings is 1. The summed E-state index contributed by atoms with van der Waals surface area (Å²) in [5.41, 5.74) is 0.539. The van der Waals surface area contributed by atoms with Gasteiger partial charge in [0.25, 0.3) is 5.91 Å². The Balaban J connectivity index is 1.82. The van der Waals surface area contributed by atoms with E-state index in [9.17, 15) is 19.7 Å². The van der Waals surface area contributed by atoms with Crippen molar-refractivity contribution in [3.8, 4) is 0 Å². The predicted molar refractivity (Wildman–Crippen MR) is 90.4 cm³/mol. The molecule has 1 fully saturated rings. The maximum atomic E-state index is 12.9. The van der Waals surface area contributed by atoms with E-state index in [-0.39, 0.29) is 11.7 Å². The maximum absolute atomic E-state index is 12.9. The van der Waals surface area contributed by atoms with Gasteiger partial charge in [-0.05, 0) is 25.3 Å². The van der Waals surface area contributed by atoms with Gasteiger partial charge in [-0.1, -0.05) is 30.3 Å². The summed E-state index contributed by atoms with van der Waals surface area (Å²) in [6, 6.07) is 10.9. The number of hydrogen-bond donors (Lipinski definition) is 0. The molecule has 8 nitrogen and oxygen atoms in total. The van der Waals surface area contributed by atoms with Gasteiger partial charge in [-0.3, -0.25) is 14.9 Å². The van der Waals surface area contributed by atoms with Crippen LogP contribution in [0.3, 0.4) is 0 Å². The standard InChI is InChI=1S/C18H18N2O6/c21-17(19-11-5-2-6-12-19)16(13-7-3-1-4-8-13)26-18(22)14-9-10-15(25-14)20(23)24/h1,3-4,7-10,16H,2,5-6,11-12H2/t16-/m0/s1. The summed E-state index contributed by atoms with van der Waals surface area (Å²) in [6.07, 6.45) is 1.76. The molecule has 0 spiro atoms. The topological polar surface area (TPSA) is 103 Å². The van der Waals surface area contributed by atoms with Gasteiger partial charge in [-0.2, -0.15) is 0 Å². The van der Waals surface area contributed by atoms with Gasteiger partial charge in [0.15, 0.2) is 0 Å². The molecule has 0 aliphatic carbocycles. The molecule has 136 valence electrons. The first-order valence-corrected chi connectivity index (χ1v) is 8.35. The van der Waals surface area contributed by atoms with Crippen LogP contribution < -0.4 is 0 Å². The minimum atomic E-state index is -1.12. The molecular formula is C18H18N2O6. The minimum Gasteiger partial charge on any atom is -0.441 e. The van der Waals surface area contributed by atoms with Crippen LogP contribution in [0.2, 0.25) is 0 Å². The second-order valence-corrected chi connectivity index (χ2v) is 5.98. The number of likely N-dealkylation sites (tertiary alicyclic amines) is 1. The first-order chi connectivity index (χ1) is 12.6. The van der Waals surface area contributed by atoms with Crippen molar-refractivity contribution >= 4 is 17.8 Å². The Morgan fingerprint density at radius 2 is 1.77 bits per heavy atom. The number of nitro groups is 1. The van der Waals surface area contributed by atoms with Crippen LogP contribution in [0.4, 0.5) is 5.88 Å². The van der Waals surface area contributed by atoms with Crippen LogP contribution in [0.15, 0.2) is 46.9 Å². The highest BCUT2D eigenvalue weighted by Crippen LogP contribution is 2.25. The Kier molecular flexibility index (Phi) is 5.31. The zero-order valence-electron chi connectivity index (χ0n) is 14.0. The van der Waals surface area contributed by atoms with Crippen molar-refractivity contribution in [2.75, 3.05) is 13.1 Å². The van der Waals surface area contributed by atoms with E-state index in [4.69, 9.17) is 9.15 Å². The molecule has 0 bridgehead atoms. The molecule has 1 aliphatic heterocycles. The van der Waals surface area contributed by atoms with Crippen molar-refractivity contribution in [2.45, 2.75) is 25.4 Å². The quantitative estimate of drug-likeness (QED) is 0.462. The van der Waals surface area contributed by atoms with Gasteiger partial charge in [-0.25, -0.2) is 4.79 Å². The third-order valence-corrected chi connectivity index (χ3v) is 4.19. The van der Waals surface area contributed by atoms with Gasteiger partial charge in [0, 0.05) is 18.7 Å². The number of rotatable bonds is 5. The number of piperidine rings is 1. The molecule has 1 aromatic carbocycles. The summed E-state index contributed by atoms with van der Waals surface area (Å²) in [5, 5.41) is 10.7. The van der Waals surface area contributed by atoms with E-state index < -0.39 is 22.9 Å². The molecule has 3 rings (SSSR count). The Morgan fingerprint density at radius 3 is 2.38 bits per heavy atom. The second kappa shape index (κ2) is 7.81. The van der Waals surface area contributed by atoms with Crippen molar-refractivity contribution in [3.05, 3.63) is 63.9 Å². The Bertz CT molecular complexity index is 795. The average Bonchev–Trinajstić information content (AvgIpc) is 3.17. The normalized spacial score (nSPS) is 15.3. The van der Waals surface area contributed by atoms with Crippen LogP contribution in [-0.4, -0.2) is 34.8 Å². The van der Waals surface area contributed by atoms with Crippen LogP contribution in [0, 0.1) is 10.1 Å². The molecule has 1 aliphatic rings. The molecule has 0 saturated carbocycles. The number of amides is 1. The smallest absolute Gasteiger partial charge is 0.433 e. The molecule has 2 heterocycles. The van der Waals surface area contributed by atoms with Crippen molar-refractivity contribution in [1.29, 1.82) is 0 Å². The number of furan rings is 1. The number of nitrogens with zero attached hydrogens (tertiary/aromatic N) is 2. The highest BCUT2D eigenvalue weighted by Gasteiger charge is 2.31. The maximum Gasteiger partial charge on any atom is 0.433 e. The van der Waals surface area contributed by atoms with E-state index in [0.717, 1.165) is 31.4 Å². The highest BCUT2D eigenvalue weighted by atomic mass is 16.7. The third kappa shape index (κ3) is 3.90. The minimum absolute atomic E-state index is 0.301. The highest BCUT2D eigenvalue weighted by molar-refractivity contribution is 5.91. The molecule has 0 unspecified atom stereocenters. The first kappa shape index (κ1) is 17.7. The Hall–Kier alpha value is -3.16. The van der Waals surface area contributed by atoms with E-state index >= 15 is 0 Å². The summed E-state index contributed by atoms with van der Waals surface area (Å²) in [6.45, 7) is 1.23. The van der Waals surface area contributed by atoms with Crippen molar-refractivity contribution in [1.82, 2.24) is 4.90 Å². The zero-order chi connectivity index (χ0) is 18.5. The molecule has 1 saturated heterocycles. The lowest BCUT2D eigenvalue weighted by Gasteiger charge is -2.30. The van der Waals surface area contributed by atoms with E-state index in [1.54, 1.807) is 35.2 Å². The van der Waals surface area contributed by atoms with Crippen LogP contribution in [0.25, 0.3) is 0 Å². The molecule has 1 amide bonds. The van der Waals surface area contributed by atoms with E-state index in [0.29, 0.717) is 18.7 Å². The number of esters is 1. The molecule has 8 heteroatoms. The number of carbonyl (C=O) groups is 2. The molecule has 0 N–H and O–H groups in total. The zero-order valence-corrected chi connectivity index (χ0v) is 14.0. The summed E-state index contributed by atoms with van der Waals surface area (Å²) in [5.74, 6) is -2.10. The average molecular weight is 358 g/mol. The molecule has 2 aromatic rings. The van der Waals surface area contributed by atoms with E-state index in [1.165, 1.54) is 0 Å². The van der Waals surface area contributed by atoms with Gasteiger partial charge >= 0.3 is 11.9 Å². The SMILES string of the molecule is O=C(O[C@H](C(=O)N1CCCCC1)c1ccccc1)c1ccc([N+](=O)[O-])o1. The van der Waals surface area contributed by atoms with E-state index in [1.807, 2.05) is 0 Å². The number of hydrogen-bond acceptors (Lipinski definition) is 6. The third-order valence-electron chi connectivity index (χ3n) is 4.19. The molecule has 1 aromatic heterocycles. The van der Waals surface area contributed by atoms with Crippen molar-refractivity contribution in [2.24, 2.45) is 0 Å². The summed E-state index contributed by atoms with van der Waals surface area (Å²) in [4.78, 5) is 36.9. The summed E-state index contributed by atoms with van der Waals surface area (Å²) < 4.78 is 10.3. The van der Waals surface area contributed by atoms with Crippen LogP contribution >= 0.6 is 0 Å². The van der Waals surface area contributed by atoms with Gasteiger partial charge in [0.1, 0.15) is 4.92 Å². The van der Waals surface area contributed by atoms with Crippen molar-refractivity contribution in [3.63, 3.8) is 0 Å². The fraction of sp³-hybridized carbons (Fsp3) is 0.333.